The number of nitrogens with two attached hydrogens (primary N) is 3. The molecule has 0 radical (unpaired) electrons. The van der Waals surface area contributed by atoms with Gasteiger partial charge in [0.1, 0.15) is 6.61 Å². The Kier molecular flexibility index (Phi) is 5.66. The number of benzene rings is 1. The minimum Gasteiger partial charge on any atom is -0.485 e. The molecule has 7 nitrogen and oxygen atoms in total. The summed E-state index contributed by atoms with van der Waals surface area (Å²) in [4.78, 5) is 7.07. The van der Waals surface area contributed by atoms with Gasteiger partial charge >= 0.3 is 0 Å². The van der Waals surface area contributed by atoms with Gasteiger partial charge in [0.2, 0.25) is 5.96 Å². The molecule has 0 saturated carbocycles. The van der Waals surface area contributed by atoms with Crippen LogP contribution in [0.2, 0.25) is 0 Å². The summed E-state index contributed by atoms with van der Waals surface area (Å²) in [5.74, 6) is -2.99. The van der Waals surface area contributed by atoms with Crippen molar-refractivity contribution in [1.29, 1.82) is 0 Å². The minimum atomic E-state index is -0.919. The molecule has 1 rings (SSSR count). The van der Waals surface area contributed by atoms with Crippen LogP contribution in [0.5, 0.6) is 5.75 Å². The van der Waals surface area contributed by atoms with E-state index in [1.807, 2.05) is 0 Å². The van der Waals surface area contributed by atoms with E-state index < -0.39 is 17.4 Å². The number of nitrogens with zero attached hydrogens (tertiary/aromatic N) is 2. The maximum atomic E-state index is 13.7. The Morgan fingerprint density at radius 1 is 1.15 bits per heavy atom. The van der Waals surface area contributed by atoms with E-state index in [9.17, 15) is 8.78 Å². The van der Waals surface area contributed by atoms with Crippen molar-refractivity contribution in [2.75, 3.05) is 20.3 Å². The van der Waals surface area contributed by atoms with Gasteiger partial charge in [0, 0.05) is 19.2 Å². The van der Waals surface area contributed by atoms with Crippen LogP contribution in [0.4, 0.5) is 14.5 Å². The fraction of sp³-hybridized carbons (Fsp3) is 0.273. The second-order valence-electron chi connectivity index (χ2n) is 3.59. The molecule has 9 heteroatoms. The van der Waals surface area contributed by atoms with E-state index in [-0.39, 0.29) is 30.8 Å². The van der Waals surface area contributed by atoms with Crippen molar-refractivity contribution in [2.24, 2.45) is 27.2 Å². The van der Waals surface area contributed by atoms with Crippen molar-refractivity contribution >= 4 is 17.6 Å². The standard InChI is InChI=1S/C11H15F2N5O2/c1-19-2-3-20-9-7(12)4-6(5-8(9)13)17-11(16)18-10(14)15/h4-5H,2-3H2,1H3,(H6,14,15,16,17,18). The average Bonchev–Trinajstić information content (AvgIpc) is 2.31. The van der Waals surface area contributed by atoms with Crippen molar-refractivity contribution in [3.05, 3.63) is 23.8 Å². The number of guanidine groups is 2. The molecule has 1 aromatic carbocycles. The molecule has 0 atom stereocenters. The predicted octanol–water partition coefficient (Wildman–Crippen LogP) is 0.210. The molecule has 0 aliphatic carbocycles. The molecule has 1 aromatic rings. The third kappa shape index (κ3) is 4.69. The normalized spacial score (nSPS) is 11.2. The zero-order valence-electron chi connectivity index (χ0n) is 10.8. The quantitative estimate of drug-likeness (QED) is 0.406. The average molecular weight is 287 g/mol. The van der Waals surface area contributed by atoms with Crippen LogP contribution in [0, 0.1) is 11.6 Å². The van der Waals surface area contributed by atoms with E-state index in [1.54, 1.807) is 0 Å². The molecule has 0 saturated heterocycles. The highest BCUT2D eigenvalue weighted by Gasteiger charge is 2.12. The van der Waals surface area contributed by atoms with Gasteiger partial charge in [-0.25, -0.2) is 13.8 Å². The van der Waals surface area contributed by atoms with Crippen LogP contribution in [-0.2, 0) is 4.74 Å². The zero-order valence-corrected chi connectivity index (χ0v) is 10.8. The van der Waals surface area contributed by atoms with Crippen LogP contribution >= 0.6 is 0 Å². The Balaban J connectivity index is 2.96. The maximum absolute atomic E-state index is 13.7. The van der Waals surface area contributed by atoms with E-state index >= 15 is 0 Å². The van der Waals surface area contributed by atoms with Gasteiger partial charge in [-0.05, 0) is 0 Å². The number of aliphatic imine (C=N–C) groups is 2. The summed E-state index contributed by atoms with van der Waals surface area (Å²) in [6.07, 6.45) is 0. The Morgan fingerprint density at radius 2 is 1.75 bits per heavy atom. The van der Waals surface area contributed by atoms with E-state index in [0.717, 1.165) is 12.1 Å². The summed E-state index contributed by atoms with van der Waals surface area (Å²) in [7, 11) is 1.44. The first kappa shape index (κ1) is 15.6. The van der Waals surface area contributed by atoms with Crippen molar-refractivity contribution < 1.29 is 18.3 Å². The molecule has 0 spiro atoms. The van der Waals surface area contributed by atoms with E-state index in [0.29, 0.717) is 0 Å². The fourth-order valence-corrected chi connectivity index (χ4v) is 1.27. The lowest BCUT2D eigenvalue weighted by Gasteiger charge is -2.08. The zero-order chi connectivity index (χ0) is 15.1. The predicted molar refractivity (Wildman–Crippen MR) is 70.8 cm³/mol. The highest BCUT2D eigenvalue weighted by atomic mass is 19.1. The fourth-order valence-electron chi connectivity index (χ4n) is 1.27. The lowest BCUT2D eigenvalue weighted by Crippen LogP contribution is -2.26. The van der Waals surface area contributed by atoms with Gasteiger partial charge in [0.05, 0.1) is 12.3 Å². The van der Waals surface area contributed by atoms with Crippen LogP contribution in [0.25, 0.3) is 0 Å². The first-order valence-corrected chi connectivity index (χ1v) is 5.48. The van der Waals surface area contributed by atoms with E-state index in [2.05, 4.69) is 9.98 Å². The summed E-state index contributed by atoms with van der Waals surface area (Å²) in [5, 5.41) is 0. The van der Waals surface area contributed by atoms with Crippen molar-refractivity contribution in [3.8, 4) is 5.75 Å². The van der Waals surface area contributed by atoms with Crippen LogP contribution in [0.3, 0.4) is 0 Å². The molecule has 0 unspecified atom stereocenters. The molecular formula is C11H15F2N5O2. The summed E-state index contributed by atoms with van der Waals surface area (Å²) >= 11 is 0. The number of halogens is 2. The summed E-state index contributed by atoms with van der Waals surface area (Å²) in [5.41, 5.74) is 15.4. The number of hydrogen-bond acceptors (Lipinski definition) is 3. The van der Waals surface area contributed by atoms with Gasteiger partial charge in [-0.3, -0.25) is 0 Å². The first-order valence-electron chi connectivity index (χ1n) is 5.48. The SMILES string of the molecule is COCCOc1c(F)cc(N=C(N)N=C(N)N)cc1F. The smallest absolute Gasteiger partial charge is 0.223 e. The highest BCUT2D eigenvalue weighted by molar-refractivity contribution is 5.93. The van der Waals surface area contributed by atoms with Crippen LogP contribution in [0.15, 0.2) is 22.1 Å². The Morgan fingerprint density at radius 3 is 2.25 bits per heavy atom. The van der Waals surface area contributed by atoms with Crippen LogP contribution in [-0.4, -0.2) is 32.2 Å². The molecule has 0 aromatic heterocycles. The van der Waals surface area contributed by atoms with Crippen LogP contribution < -0.4 is 21.9 Å². The molecule has 0 aliphatic rings. The number of rotatable bonds is 5. The Hall–Kier alpha value is -2.42. The van der Waals surface area contributed by atoms with Gasteiger partial charge in [-0.2, -0.15) is 4.99 Å². The van der Waals surface area contributed by atoms with Crippen molar-refractivity contribution in [1.82, 2.24) is 0 Å². The molecule has 6 N–H and O–H groups in total. The first-order chi connectivity index (χ1) is 9.43. The third-order valence-corrected chi connectivity index (χ3v) is 2.00. The maximum Gasteiger partial charge on any atom is 0.223 e. The van der Waals surface area contributed by atoms with Gasteiger partial charge < -0.3 is 26.7 Å². The van der Waals surface area contributed by atoms with Crippen molar-refractivity contribution in [3.63, 3.8) is 0 Å². The third-order valence-electron chi connectivity index (χ3n) is 2.00. The van der Waals surface area contributed by atoms with Gasteiger partial charge in [0.15, 0.2) is 23.3 Å². The van der Waals surface area contributed by atoms with Crippen molar-refractivity contribution in [2.45, 2.75) is 0 Å². The summed E-state index contributed by atoms with van der Waals surface area (Å²) in [6.45, 7) is 0.222. The molecule has 20 heavy (non-hydrogen) atoms. The van der Waals surface area contributed by atoms with E-state index in [1.165, 1.54) is 7.11 Å². The molecule has 0 bridgehead atoms. The topological polar surface area (TPSA) is 121 Å². The molecule has 0 fully saturated rings. The van der Waals surface area contributed by atoms with Crippen LogP contribution in [0.1, 0.15) is 0 Å². The molecule has 110 valence electrons. The van der Waals surface area contributed by atoms with Gasteiger partial charge in [-0.15, -0.1) is 0 Å². The molecular weight excluding hydrogens is 272 g/mol. The Labute approximate surface area is 114 Å². The minimum absolute atomic E-state index is 0.0170. The highest BCUT2D eigenvalue weighted by Crippen LogP contribution is 2.27. The van der Waals surface area contributed by atoms with Gasteiger partial charge in [0.25, 0.3) is 0 Å². The molecule has 0 amide bonds. The number of hydrogen-bond donors (Lipinski definition) is 3. The Bertz CT molecular complexity index is 507. The van der Waals surface area contributed by atoms with E-state index in [4.69, 9.17) is 26.7 Å². The second kappa shape index (κ2) is 7.24. The second-order valence-corrected chi connectivity index (χ2v) is 3.59. The molecule has 0 aliphatic heterocycles. The summed E-state index contributed by atoms with van der Waals surface area (Å²) < 4.78 is 36.9. The molecule has 0 heterocycles. The number of ether oxygens (including phenoxy) is 2. The lowest BCUT2D eigenvalue weighted by atomic mass is 10.3. The largest absolute Gasteiger partial charge is 0.485 e. The monoisotopic (exact) mass is 287 g/mol. The summed E-state index contributed by atoms with van der Waals surface area (Å²) in [6, 6.07) is 1.89. The number of methoxy groups -OCH3 is 1. The van der Waals surface area contributed by atoms with Gasteiger partial charge in [-0.1, -0.05) is 0 Å². The lowest BCUT2D eigenvalue weighted by molar-refractivity contribution is 0.141.